The fourth-order valence-electron chi connectivity index (χ4n) is 3.64. The maximum atomic E-state index is 12.2. The number of nitrogens with one attached hydrogen (secondary N) is 1. The van der Waals surface area contributed by atoms with E-state index in [-0.39, 0.29) is 5.91 Å². The highest BCUT2D eigenvalue weighted by Gasteiger charge is 2.17. The third-order valence-electron chi connectivity index (χ3n) is 4.97. The number of aromatic nitrogens is 2. The summed E-state index contributed by atoms with van der Waals surface area (Å²) in [6, 6.07) is 8.04. The van der Waals surface area contributed by atoms with Crippen LogP contribution in [-0.4, -0.2) is 21.2 Å². The first-order valence-corrected chi connectivity index (χ1v) is 9.87. The van der Waals surface area contributed by atoms with Crippen molar-refractivity contribution in [3.63, 3.8) is 0 Å². The van der Waals surface area contributed by atoms with E-state index in [9.17, 15) is 4.79 Å². The minimum Gasteiger partial charge on any atom is -0.326 e. The average molecular weight is 341 g/mol. The van der Waals surface area contributed by atoms with Crippen LogP contribution in [0.4, 0.5) is 5.69 Å². The maximum absolute atomic E-state index is 12.2. The Kier molecular flexibility index (Phi) is 4.60. The van der Waals surface area contributed by atoms with Crippen molar-refractivity contribution in [1.82, 2.24) is 9.55 Å². The molecule has 0 saturated heterocycles. The Hall–Kier alpha value is -1.75. The molecule has 1 aromatic heterocycles. The highest BCUT2D eigenvalue weighted by molar-refractivity contribution is 7.99. The predicted octanol–water partition coefficient (Wildman–Crippen LogP) is 4.56. The molecule has 1 N–H and O–H groups in total. The van der Waals surface area contributed by atoms with E-state index < -0.39 is 0 Å². The molecule has 5 heteroatoms. The van der Waals surface area contributed by atoms with Crippen molar-refractivity contribution in [1.29, 1.82) is 0 Å². The summed E-state index contributed by atoms with van der Waals surface area (Å²) in [4.78, 5) is 16.9. The third kappa shape index (κ3) is 3.51. The van der Waals surface area contributed by atoms with Crippen LogP contribution in [0.5, 0.6) is 0 Å². The number of nitrogens with zero attached hydrogens (tertiary/aromatic N) is 2. The number of carbonyl (C=O) groups is 1. The second-order valence-electron chi connectivity index (χ2n) is 6.78. The fourth-order valence-corrected chi connectivity index (χ4v) is 4.58. The molecule has 126 valence electrons. The molecule has 4 rings (SSSR count). The Balaban J connectivity index is 1.37. The Morgan fingerprint density at radius 2 is 2.00 bits per heavy atom. The summed E-state index contributed by atoms with van der Waals surface area (Å²) in [5.74, 6) is 1.84. The van der Waals surface area contributed by atoms with Crippen LogP contribution in [-0.2, 0) is 11.3 Å². The highest BCUT2D eigenvalue weighted by Crippen LogP contribution is 2.30. The number of fused-ring (bicyclic) bond motifs is 1. The summed E-state index contributed by atoms with van der Waals surface area (Å²) in [6.07, 6.45) is 9.07. The lowest BCUT2D eigenvalue weighted by atomic mass is 9.87. The van der Waals surface area contributed by atoms with Crippen molar-refractivity contribution in [3.8, 4) is 11.3 Å². The minimum atomic E-state index is 0.145. The molecule has 0 bridgehead atoms. The van der Waals surface area contributed by atoms with Gasteiger partial charge in [-0.1, -0.05) is 43.2 Å². The second-order valence-corrected chi connectivity index (χ2v) is 7.85. The number of rotatable bonds is 4. The SMILES string of the molecule is O=C(CC1CCCCC1)Nc1ccc(-c2cn3c(n2)SCC3)cc1. The van der Waals surface area contributed by atoms with Crippen molar-refractivity contribution in [3.05, 3.63) is 30.5 Å². The summed E-state index contributed by atoms with van der Waals surface area (Å²) in [5, 5.41) is 4.14. The lowest BCUT2D eigenvalue weighted by Crippen LogP contribution is -2.18. The molecule has 1 aliphatic carbocycles. The van der Waals surface area contributed by atoms with Crippen LogP contribution < -0.4 is 5.32 Å². The topological polar surface area (TPSA) is 46.9 Å². The molecule has 0 unspecified atom stereocenters. The number of amides is 1. The van der Waals surface area contributed by atoms with E-state index in [2.05, 4.69) is 21.1 Å². The van der Waals surface area contributed by atoms with E-state index in [0.717, 1.165) is 34.4 Å². The van der Waals surface area contributed by atoms with E-state index in [0.29, 0.717) is 12.3 Å². The zero-order valence-corrected chi connectivity index (χ0v) is 14.6. The second kappa shape index (κ2) is 7.01. The minimum absolute atomic E-state index is 0.145. The van der Waals surface area contributed by atoms with E-state index in [1.54, 1.807) is 11.8 Å². The maximum Gasteiger partial charge on any atom is 0.224 e. The van der Waals surface area contributed by atoms with Gasteiger partial charge in [0.25, 0.3) is 0 Å². The van der Waals surface area contributed by atoms with Crippen LogP contribution in [0.15, 0.2) is 35.6 Å². The molecule has 0 atom stereocenters. The summed E-state index contributed by atoms with van der Waals surface area (Å²) in [7, 11) is 0. The summed E-state index contributed by atoms with van der Waals surface area (Å²) in [6.45, 7) is 1.04. The molecule has 2 heterocycles. The first-order valence-electron chi connectivity index (χ1n) is 8.88. The van der Waals surface area contributed by atoms with Crippen molar-refractivity contribution < 1.29 is 4.79 Å². The van der Waals surface area contributed by atoms with Gasteiger partial charge >= 0.3 is 0 Å². The number of thioether (sulfide) groups is 1. The van der Waals surface area contributed by atoms with E-state index in [4.69, 9.17) is 0 Å². The van der Waals surface area contributed by atoms with Gasteiger partial charge in [-0.15, -0.1) is 0 Å². The number of carbonyl (C=O) groups excluding carboxylic acids is 1. The van der Waals surface area contributed by atoms with Crippen molar-refractivity contribution >= 4 is 23.4 Å². The fraction of sp³-hybridized carbons (Fsp3) is 0.474. The van der Waals surface area contributed by atoms with Crippen LogP contribution in [0.1, 0.15) is 38.5 Å². The Labute approximate surface area is 147 Å². The molecule has 0 spiro atoms. The van der Waals surface area contributed by atoms with Crippen LogP contribution in [0.3, 0.4) is 0 Å². The summed E-state index contributed by atoms with van der Waals surface area (Å²) < 4.78 is 2.21. The van der Waals surface area contributed by atoms with Crippen molar-refractivity contribution in [2.24, 2.45) is 5.92 Å². The van der Waals surface area contributed by atoms with Gasteiger partial charge in [0.05, 0.1) is 5.69 Å². The Morgan fingerprint density at radius 3 is 2.75 bits per heavy atom. The molecule has 2 aliphatic rings. The zero-order chi connectivity index (χ0) is 16.4. The van der Waals surface area contributed by atoms with Crippen LogP contribution in [0.25, 0.3) is 11.3 Å². The molecule has 1 saturated carbocycles. The normalized spacial score (nSPS) is 17.7. The largest absolute Gasteiger partial charge is 0.326 e. The number of anilines is 1. The first kappa shape index (κ1) is 15.8. The van der Waals surface area contributed by atoms with Gasteiger partial charge in [-0.25, -0.2) is 4.98 Å². The number of aryl methyl sites for hydroxylation is 1. The van der Waals surface area contributed by atoms with Gasteiger partial charge in [-0.3, -0.25) is 4.79 Å². The molecule has 1 fully saturated rings. The molecular weight excluding hydrogens is 318 g/mol. The van der Waals surface area contributed by atoms with Gasteiger partial charge in [0, 0.05) is 36.2 Å². The summed E-state index contributed by atoms with van der Waals surface area (Å²) in [5.41, 5.74) is 2.99. The number of benzene rings is 1. The standard InChI is InChI=1S/C19H23N3OS/c23-18(12-14-4-2-1-3-5-14)20-16-8-6-15(7-9-16)17-13-22-10-11-24-19(22)21-17/h6-9,13-14H,1-5,10-12H2,(H,20,23). The first-order chi connectivity index (χ1) is 11.8. The van der Waals surface area contributed by atoms with E-state index >= 15 is 0 Å². The molecule has 1 aliphatic heterocycles. The molecular formula is C19H23N3OS. The molecule has 1 amide bonds. The van der Waals surface area contributed by atoms with Gasteiger partial charge in [-0.05, 0) is 30.9 Å². The molecule has 0 radical (unpaired) electrons. The van der Waals surface area contributed by atoms with Crippen molar-refractivity contribution in [2.45, 2.75) is 50.2 Å². The number of imidazole rings is 1. The number of hydrogen-bond acceptors (Lipinski definition) is 3. The molecule has 4 nitrogen and oxygen atoms in total. The number of hydrogen-bond donors (Lipinski definition) is 1. The molecule has 24 heavy (non-hydrogen) atoms. The third-order valence-corrected chi connectivity index (χ3v) is 5.94. The molecule has 2 aromatic rings. The van der Waals surface area contributed by atoms with E-state index in [1.807, 2.05) is 24.3 Å². The molecule has 1 aromatic carbocycles. The van der Waals surface area contributed by atoms with Crippen LogP contribution >= 0.6 is 11.8 Å². The van der Waals surface area contributed by atoms with E-state index in [1.165, 1.54) is 32.1 Å². The zero-order valence-electron chi connectivity index (χ0n) is 13.8. The van der Waals surface area contributed by atoms with Gasteiger partial charge in [0.1, 0.15) is 0 Å². The van der Waals surface area contributed by atoms with Crippen LogP contribution in [0.2, 0.25) is 0 Å². The quantitative estimate of drug-likeness (QED) is 0.886. The van der Waals surface area contributed by atoms with Gasteiger partial charge in [-0.2, -0.15) is 0 Å². The van der Waals surface area contributed by atoms with Gasteiger partial charge in [0.2, 0.25) is 5.91 Å². The lowest BCUT2D eigenvalue weighted by molar-refractivity contribution is -0.117. The smallest absolute Gasteiger partial charge is 0.224 e. The van der Waals surface area contributed by atoms with Crippen molar-refractivity contribution in [2.75, 3.05) is 11.1 Å². The highest BCUT2D eigenvalue weighted by atomic mass is 32.2. The average Bonchev–Trinajstić information content (AvgIpc) is 3.18. The van der Waals surface area contributed by atoms with Gasteiger partial charge < -0.3 is 9.88 Å². The Morgan fingerprint density at radius 1 is 1.21 bits per heavy atom. The van der Waals surface area contributed by atoms with Gasteiger partial charge in [0.15, 0.2) is 5.16 Å². The monoisotopic (exact) mass is 341 g/mol. The lowest BCUT2D eigenvalue weighted by Gasteiger charge is -2.20. The summed E-state index contributed by atoms with van der Waals surface area (Å²) >= 11 is 1.81. The van der Waals surface area contributed by atoms with Crippen LogP contribution in [0, 0.1) is 5.92 Å². The Bertz CT molecular complexity index is 695. The predicted molar refractivity (Wildman–Crippen MR) is 98.2 cm³/mol.